The molecule has 0 radical (unpaired) electrons. The summed E-state index contributed by atoms with van der Waals surface area (Å²) in [4.78, 5) is 12.5. The van der Waals surface area contributed by atoms with Crippen molar-refractivity contribution in [1.29, 1.82) is 0 Å². The Morgan fingerprint density at radius 3 is 2.47 bits per heavy atom. The maximum Gasteiger partial charge on any atom is 0.420 e. The molecule has 0 amide bonds. The molecule has 2 aromatic heterocycles. The first-order valence-corrected chi connectivity index (χ1v) is 9.45. The van der Waals surface area contributed by atoms with E-state index >= 15 is 0 Å². The number of halogens is 3. The molecule has 10 heteroatoms. The zero-order valence-corrected chi connectivity index (χ0v) is 16.5. The number of para-hydroxylation sites is 1. The Balaban J connectivity index is 1.76. The zero-order valence-electron chi connectivity index (χ0n) is 15.7. The first-order chi connectivity index (χ1) is 14.4. The van der Waals surface area contributed by atoms with Crippen LogP contribution in [0.5, 0.6) is 23.1 Å². The van der Waals surface area contributed by atoms with Gasteiger partial charge in [-0.2, -0.15) is 13.2 Å². The third-order valence-electron chi connectivity index (χ3n) is 4.28. The van der Waals surface area contributed by atoms with E-state index in [1.165, 1.54) is 36.9 Å². The summed E-state index contributed by atoms with van der Waals surface area (Å²) < 4.78 is 57.0. The Bertz CT molecular complexity index is 1210. The van der Waals surface area contributed by atoms with Crippen LogP contribution in [0, 0.1) is 0 Å². The summed E-state index contributed by atoms with van der Waals surface area (Å²) in [7, 11) is 2.42. The van der Waals surface area contributed by atoms with Crippen molar-refractivity contribution in [1.82, 2.24) is 15.0 Å². The lowest BCUT2D eigenvalue weighted by atomic mass is 10.0. The fourth-order valence-electron chi connectivity index (χ4n) is 2.99. The molecule has 0 unspecified atom stereocenters. The molecule has 2 heterocycles. The number of fused-ring (bicyclic) bond motifs is 1. The molecule has 0 saturated heterocycles. The van der Waals surface area contributed by atoms with Crippen LogP contribution in [-0.2, 0) is 6.18 Å². The van der Waals surface area contributed by atoms with E-state index < -0.39 is 17.5 Å². The molecular weight excluding hydrogens is 419 g/mol. The predicted octanol–water partition coefficient (Wildman–Crippen LogP) is 5.58. The zero-order chi connectivity index (χ0) is 21.3. The minimum atomic E-state index is -4.59. The number of ether oxygens (including phenoxy) is 3. The highest BCUT2D eigenvalue weighted by Crippen LogP contribution is 2.46. The Hall–Kier alpha value is -3.40. The maximum atomic E-state index is 13.3. The molecule has 0 aliphatic rings. The van der Waals surface area contributed by atoms with E-state index in [4.69, 9.17) is 14.2 Å². The summed E-state index contributed by atoms with van der Waals surface area (Å²) in [6.45, 7) is 0. The van der Waals surface area contributed by atoms with Gasteiger partial charge in [-0.15, -0.1) is 11.3 Å². The van der Waals surface area contributed by atoms with Gasteiger partial charge >= 0.3 is 6.18 Å². The summed E-state index contributed by atoms with van der Waals surface area (Å²) in [5.41, 5.74) is 2.08. The Kier molecular flexibility index (Phi) is 5.17. The van der Waals surface area contributed by atoms with Crippen molar-refractivity contribution >= 4 is 21.6 Å². The number of methoxy groups -OCH3 is 2. The molecule has 6 nitrogen and oxygen atoms in total. The highest BCUT2D eigenvalue weighted by atomic mass is 32.1. The molecule has 154 valence electrons. The van der Waals surface area contributed by atoms with Gasteiger partial charge in [0.1, 0.15) is 17.4 Å². The topological polar surface area (TPSA) is 66.4 Å². The fourth-order valence-corrected chi connectivity index (χ4v) is 3.68. The minimum absolute atomic E-state index is 0.0847. The average Bonchev–Trinajstić information content (AvgIpc) is 3.22. The van der Waals surface area contributed by atoms with Crippen LogP contribution in [0.1, 0.15) is 5.56 Å². The Labute approximate surface area is 172 Å². The second-order valence-electron chi connectivity index (χ2n) is 6.02. The van der Waals surface area contributed by atoms with Gasteiger partial charge in [-0.05, 0) is 24.3 Å². The molecule has 0 spiro atoms. The smallest absolute Gasteiger partial charge is 0.420 e. The molecule has 0 saturated carbocycles. The van der Waals surface area contributed by atoms with Crippen LogP contribution in [0.2, 0.25) is 0 Å². The van der Waals surface area contributed by atoms with Gasteiger partial charge in [0, 0.05) is 11.6 Å². The van der Waals surface area contributed by atoms with Gasteiger partial charge in [0.15, 0.2) is 17.2 Å². The SMILES string of the molecule is COc1c(-c2cc(Oc3cccc4scnc34)ncn2)ccc(C(F)(F)F)c1OC. The lowest BCUT2D eigenvalue weighted by molar-refractivity contribution is -0.138. The van der Waals surface area contributed by atoms with Gasteiger partial charge in [0.2, 0.25) is 5.88 Å². The number of benzene rings is 2. The standard InChI is InChI=1S/C20H14F3N3O3S/c1-27-18-11(6-7-12(19(18)28-2)20(21,22)23)13-8-16(25-9-24-13)29-14-4-3-5-15-17(14)26-10-30-15/h3-10H,1-2H3. The van der Waals surface area contributed by atoms with Crippen molar-refractivity contribution in [3.05, 3.63) is 53.8 Å². The Morgan fingerprint density at radius 1 is 0.933 bits per heavy atom. The molecule has 0 aliphatic carbocycles. The third kappa shape index (κ3) is 3.61. The lowest BCUT2D eigenvalue weighted by Crippen LogP contribution is -2.09. The summed E-state index contributed by atoms with van der Waals surface area (Å²) in [6, 6.07) is 9.22. The molecule has 0 fully saturated rings. The lowest BCUT2D eigenvalue weighted by Gasteiger charge is -2.18. The molecule has 0 N–H and O–H groups in total. The van der Waals surface area contributed by atoms with Gasteiger partial charge < -0.3 is 14.2 Å². The van der Waals surface area contributed by atoms with Gasteiger partial charge in [0.25, 0.3) is 0 Å². The van der Waals surface area contributed by atoms with Crippen LogP contribution < -0.4 is 14.2 Å². The summed E-state index contributed by atoms with van der Waals surface area (Å²) >= 11 is 1.48. The molecule has 4 aromatic rings. The number of hydrogen-bond donors (Lipinski definition) is 0. The van der Waals surface area contributed by atoms with E-state index in [1.54, 1.807) is 11.6 Å². The molecule has 30 heavy (non-hydrogen) atoms. The van der Waals surface area contributed by atoms with Crippen molar-refractivity contribution in [2.75, 3.05) is 14.2 Å². The quantitative estimate of drug-likeness (QED) is 0.409. The monoisotopic (exact) mass is 433 g/mol. The van der Waals surface area contributed by atoms with Crippen molar-refractivity contribution in [2.45, 2.75) is 6.18 Å². The average molecular weight is 433 g/mol. The number of rotatable bonds is 5. The molecule has 2 aromatic carbocycles. The summed E-state index contributed by atoms with van der Waals surface area (Å²) in [5.74, 6) is 0.214. The highest BCUT2D eigenvalue weighted by Gasteiger charge is 2.36. The first-order valence-electron chi connectivity index (χ1n) is 8.57. The molecule has 0 atom stereocenters. The van der Waals surface area contributed by atoms with E-state index in [2.05, 4.69) is 15.0 Å². The summed E-state index contributed by atoms with van der Waals surface area (Å²) in [6.07, 6.45) is -3.33. The predicted molar refractivity (Wildman–Crippen MR) is 105 cm³/mol. The van der Waals surface area contributed by atoms with Crippen molar-refractivity contribution in [3.8, 4) is 34.4 Å². The normalized spacial score (nSPS) is 11.5. The number of alkyl halides is 3. The first kappa shape index (κ1) is 19.9. The van der Waals surface area contributed by atoms with Crippen molar-refractivity contribution in [3.63, 3.8) is 0 Å². The van der Waals surface area contributed by atoms with Crippen molar-refractivity contribution < 1.29 is 27.4 Å². The van der Waals surface area contributed by atoms with Crippen LogP contribution in [0.4, 0.5) is 13.2 Å². The second kappa shape index (κ2) is 7.79. The number of aromatic nitrogens is 3. The van der Waals surface area contributed by atoms with E-state index in [0.29, 0.717) is 22.5 Å². The maximum absolute atomic E-state index is 13.3. The second-order valence-corrected chi connectivity index (χ2v) is 6.91. The van der Waals surface area contributed by atoms with E-state index in [-0.39, 0.29) is 11.6 Å². The number of thiazole rings is 1. The third-order valence-corrected chi connectivity index (χ3v) is 5.08. The molecular formula is C20H14F3N3O3S. The van der Waals surface area contributed by atoms with Gasteiger partial charge in [0.05, 0.1) is 30.1 Å². The number of nitrogens with zero attached hydrogens (tertiary/aromatic N) is 3. The summed E-state index contributed by atoms with van der Waals surface area (Å²) in [5, 5.41) is 0. The van der Waals surface area contributed by atoms with Gasteiger partial charge in [-0.25, -0.2) is 15.0 Å². The largest absolute Gasteiger partial charge is 0.492 e. The molecule has 0 aliphatic heterocycles. The number of hydrogen-bond acceptors (Lipinski definition) is 7. The van der Waals surface area contributed by atoms with E-state index in [0.717, 1.165) is 17.9 Å². The minimum Gasteiger partial charge on any atom is -0.492 e. The van der Waals surface area contributed by atoms with Gasteiger partial charge in [-0.1, -0.05) is 6.07 Å². The highest BCUT2D eigenvalue weighted by molar-refractivity contribution is 7.16. The van der Waals surface area contributed by atoms with E-state index in [9.17, 15) is 13.2 Å². The van der Waals surface area contributed by atoms with E-state index in [1.807, 2.05) is 12.1 Å². The van der Waals surface area contributed by atoms with Crippen LogP contribution in [0.25, 0.3) is 21.5 Å². The fraction of sp³-hybridized carbons (Fsp3) is 0.150. The Morgan fingerprint density at radius 2 is 1.73 bits per heavy atom. The van der Waals surface area contributed by atoms with Crippen LogP contribution >= 0.6 is 11.3 Å². The molecule has 4 rings (SSSR count). The van der Waals surface area contributed by atoms with Crippen LogP contribution in [0.3, 0.4) is 0 Å². The van der Waals surface area contributed by atoms with Crippen LogP contribution in [0.15, 0.2) is 48.2 Å². The van der Waals surface area contributed by atoms with Crippen molar-refractivity contribution in [2.24, 2.45) is 0 Å². The van der Waals surface area contributed by atoms with Crippen LogP contribution in [-0.4, -0.2) is 29.2 Å². The van der Waals surface area contributed by atoms with Gasteiger partial charge in [-0.3, -0.25) is 0 Å². The molecule has 0 bridgehead atoms.